The summed E-state index contributed by atoms with van der Waals surface area (Å²) >= 11 is 3.17. The van der Waals surface area contributed by atoms with E-state index in [0.717, 1.165) is 0 Å². The third-order valence-corrected chi connectivity index (χ3v) is 2.59. The first-order valence-electron chi connectivity index (χ1n) is 4.89. The number of halogens is 2. The van der Waals surface area contributed by atoms with Crippen molar-refractivity contribution in [3.8, 4) is 5.75 Å². The summed E-state index contributed by atoms with van der Waals surface area (Å²) in [5.74, 6) is -0.00939. The molecule has 1 aromatic rings. The SMILES string of the molecule is CC(C)(O)CCOc1c(N)cc(F)cc1Br. The number of rotatable bonds is 4. The Hall–Kier alpha value is -0.810. The molecule has 5 heteroatoms. The van der Waals surface area contributed by atoms with Gasteiger partial charge in [0.15, 0.2) is 5.75 Å². The Morgan fingerprint density at radius 2 is 2.12 bits per heavy atom. The van der Waals surface area contributed by atoms with Crippen LogP contribution in [0.25, 0.3) is 0 Å². The number of aliphatic hydroxyl groups is 1. The number of nitrogen functional groups attached to an aromatic ring is 1. The van der Waals surface area contributed by atoms with E-state index in [1.165, 1.54) is 12.1 Å². The van der Waals surface area contributed by atoms with Crippen molar-refractivity contribution in [2.24, 2.45) is 0 Å². The molecular weight excluding hydrogens is 277 g/mol. The van der Waals surface area contributed by atoms with Crippen LogP contribution < -0.4 is 10.5 Å². The Morgan fingerprint density at radius 1 is 1.50 bits per heavy atom. The second-order valence-corrected chi connectivity index (χ2v) is 5.07. The van der Waals surface area contributed by atoms with Gasteiger partial charge in [-0.2, -0.15) is 0 Å². The maximum atomic E-state index is 12.9. The quantitative estimate of drug-likeness (QED) is 0.839. The number of ether oxygens (including phenoxy) is 1. The Kier molecular flexibility index (Phi) is 4.15. The standard InChI is InChI=1S/C11H15BrFNO2/c1-11(2,15)3-4-16-10-8(12)5-7(13)6-9(10)14/h5-6,15H,3-4,14H2,1-2H3. The molecule has 0 fully saturated rings. The molecule has 0 saturated heterocycles. The summed E-state index contributed by atoms with van der Waals surface area (Å²) in [6, 6.07) is 2.49. The van der Waals surface area contributed by atoms with Gasteiger partial charge in [-0.25, -0.2) is 4.39 Å². The van der Waals surface area contributed by atoms with E-state index in [2.05, 4.69) is 15.9 Å². The lowest BCUT2D eigenvalue weighted by atomic mass is 10.1. The summed E-state index contributed by atoms with van der Waals surface area (Å²) in [5, 5.41) is 9.50. The van der Waals surface area contributed by atoms with Crippen LogP contribution in [-0.2, 0) is 0 Å². The van der Waals surface area contributed by atoms with E-state index in [1.807, 2.05) is 0 Å². The minimum absolute atomic E-state index is 0.239. The van der Waals surface area contributed by atoms with Crippen LogP contribution in [0.2, 0.25) is 0 Å². The van der Waals surface area contributed by atoms with Crippen LogP contribution in [0.1, 0.15) is 20.3 Å². The predicted molar refractivity (Wildman–Crippen MR) is 64.9 cm³/mol. The van der Waals surface area contributed by atoms with E-state index in [-0.39, 0.29) is 5.69 Å². The number of anilines is 1. The van der Waals surface area contributed by atoms with Gasteiger partial charge < -0.3 is 15.6 Å². The fraction of sp³-hybridized carbons (Fsp3) is 0.455. The summed E-state index contributed by atoms with van der Waals surface area (Å²) in [6.45, 7) is 3.71. The molecule has 90 valence electrons. The Balaban J connectivity index is 2.68. The topological polar surface area (TPSA) is 55.5 Å². The van der Waals surface area contributed by atoms with Gasteiger partial charge in [0.05, 0.1) is 22.4 Å². The molecule has 0 aliphatic rings. The molecule has 1 aromatic carbocycles. The molecule has 0 saturated carbocycles. The lowest BCUT2D eigenvalue weighted by Crippen LogP contribution is -2.22. The van der Waals surface area contributed by atoms with Gasteiger partial charge in [-0.1, -0.05) is 0 Å². The summed E-state index contributed by atoms with van der Waals surface area (Å²) in [5.41, 5.74) is 5.06. The maximum Gasteiger partial charge on any atom is 0.156 e. The van der Waals surface area contributed by atoms with E-state index in [9.17, 15) is 9.50 Å². The molecule has 0 aliphatic heterocycles. The molecule has 0 spiro atoms. The van der Waals surface area contributed by atoms with Crippen LogP contribution in [0, 0.1) is 5.82 Å². The molecule has 0 aliphatic carbocycles. The second kappa shape index (κ2) is 5.01. The first-order valence-corrected chi connectivity index (χ1v) is 5.68. The lowest BCUT2D eigenvalue weighted by molar-refractivity contribution is 0.0553. The first-order chi connectivity index (χ1) is 7.29. The van der Waals surface area contributed by atoms with Crippen LogP contribution in [0.15, 0.2) is 16.6 Å². The monoisotopic (exact) mass is 291 g/mol. The Labute approximate surface area is 103 Å². The fourth-order valence-electron chi connectivity index (χ4n) is 1.14. The normalized spacial score (nSPS) is 11.6. The number of benzene rings is 1. The lowest BCUT2D eigenvalue weighted by Gasteiger charge is -2.18. The molecule has 16 heavy (non-hydrogen) atoms. The highest BCUT2D eigenvalue weighted by Gasteiger charge is 2.14. The molecule has 3 nitrogen and oxygen atoms in total. The third kappa shape index (κ3) is 3.98. The zero-order valence-corrected chi connectivity index (χ0v) is 10.8. The van der Waals surface area contributed by atoms with Crippen molar-refractivity contribution >= 4 is 21.6 Å². The van der Waals surface area contributed by atoms with Crippen molar-refractivity contribution in [2.75, 3.05) is 12.3 Å². The van der Waals surface area contributed by atoms with Crippen LogP contribution in [-0.4, -0.2) is 17.3 Å². The average molecular weight is 292 g/mol. The number of hydrogen-bond acceptors (Lipinski definition) is 3. The molecule has 1 rings (SSSR count). The second-order valence-electron chi connectivity index (χ2n) is 4.22. The molecule has 0 amide bonds. The summed E-state index contributed by atoms with van der Waals surface area (Å²) < 4.78 is 18.8. The zero-order chi connectivity index (χ0) is 12.3. The van der Waals surface area contributed by atoms with Crippen LogP contribution in [0.5, 0.6) is 5.75 Å². The van der Waals surface area contributed by atoms with Gasteiger partial charge in [0.1, 0.15) is 5.82 Å². The van der Waals surface area contributed by atoms with Crippen molar-refractivity contribution in [1.29, 1.82) is 0 Å². The van der Waals surface area contributed by atoms with Gasteiger partial charge in [-0.15, -0.1) is 0 Å². The number of nitrogens with two attached hydrogens (primary N) is 1. The van der Waals surface area contributed by atoms with Crippen molar-refractivity contribution in [3.05, 3.63) is 22.4 Å². The first kappa shape index (κ1) is 13.3. The number of hydrogen-bond donors (Lipinski definition) is 2. The van der Waals surface area contributed by atoms with Crippen LogP contribution >= 0.6 is 15.9 Å². The van der Waals surface area contributed by atoms with Gasteiger partial charge in [-0.3, -0.25) is 0 Å². The van der Waals surface area contributed by atoms with Gasteiger partial charge >= 0.3 is 0 Å². The van der Waals surface area contributed by atoms with E-state index >= 15 is 0 Å². The highest BCUT2D eigenvalue weighted by atomic mass is 79.9. The molecule has 0 unspecified atom stereocenters. The Bertz CT molecular complexity index is 354. The van der Waals surface area contributed by atoms with Crippen LogP contribution in [0.4, 0.5) is 10.1 Å². The highest BCUT2D eigenvalue weighted by Crippen LogP contribution is 2.32. The molecule has 0 radical (unpaired) electrons. The maximum absolute atomic E-state index is 12.9. The minimum Gasteiger partial charge on any atom is -0.490 e. The molecule has 3 N–H and O–H groups in total. The van der Waals surface area contributed by atoms with Gasteiger partial charge in [0, 0.05) is 12.5 Å². The van der Waals surface area contributed by atoms with Crippen molar-refractivity contribution in [1.82, 2.24) is 0 Å². The average Bonchev–Trinajstić information content (AvgIpc) is 2.07. The Morgan fingerprint density at radius 3 is 2.62 bits per heavy atom. The minimum atomic E-state index is -0.790. The molecule has 0 heterocycles. The molecular formula is C11H15BrFNO2. The smallest absolute Gasteiger partial charge is 0.156 e. The highest BCUT2D eigenvalue weighted by molar-refractivity contribution is 9.10. The zero-order valence-electron chi connectivity index (χ0n) is 9.26. The third-order valence-electron chi connectivity index (χ3n) is 2.00. The van der Waals surface area contributed by atoms with Gasteiger partial charge in [0.25, 0.3) is 0 Å². The van der Waals surface area contributed by atoms with E-state index in [4.69, 9.17) is 10.5 Å². The van der Waals surface area contributed by atoms with Crippen molar-refractivity contribution < 1.29 is 14.2 Å². The van der Waals surface area contributed by atoms with Crippen molar-refractivity contribution in [3.63, 3.8) is 0 Å². The largest absolute Gasteiger partial charge is 0.490 e. The van der Waals surface area contributed by atoms with E-state index in [0.29, 0.717) is 23.2 Å². The molecule has 0 aromatic heterocycles. The molecule has 0 atom stereocenters. The predicted octanol–water partition coefficient (Wildman–Crippen LogP) is 2.71. The summed E-state index contributed by atoms with van der Waals surface area (Å²) in [6.07, 6.45) is 0.469. The van der Waals surface area contributed by atoms with Gasteiger partial charge in [-0.05, 0) is 35.8 Å². The van der Waals surface area contributed by atoms with Crippen molar-refractivity contribution in [2.45, 2.75) is 25.9 Å². The fourth-order valence-corrected chi connectivity index (χ4v) is 1.70. The van der Waals surface area contributed by atoms with Crippen LogP contribution in [0.3, 0.4) is 0 Å². The molecule has 0 bridgehead atoms. The van der Waals surface area contributed by atoms with Gasteiger partial charge in [0.2, 0.25) is 0 Å². The van der Waals surface area contributed by atoms with E-state index < -0.39 is 11.4 Å². The summed E-state index contributed by atoms with van der Waals surface area (Å²) in [7, 11) is 0. The van der Waals surface area contributed by atoms with E-state index in [1.54, 1.807) is 13.8 Å². The summed E-state index contributed by atoms with van der Waals surface area (Å²) in [4.78, 5) is 0.